The van der Waals surface area contributed by atoms with Gasteiger partial charge in [0.25, 0.3) is 5.91 Å². The summed E-state index contributed by atoms with van der Waals surface area (Å²) in [7, 11) is 1.99. The minimum Gasteiger partial charge on any atom is -0.459 e. The van der Waals surface area contributed by atoms with Gasteiger partial charge in [-0.05, 0) is 32.0 Å². The van der Waals surface area contributed by atoms with E-state index >= 15 is 0 Å². The van der Waals surface area contributed by atoms with Crippen LogP contribution in [0.4, 0.5) is 0 Å². The van der Waals surface area contributed by atoms with Crippen molar-refractivity contribution in [3.63, 3.8) is 0 Å². The molecule has 0 unspecified atom stereocenters. The van der Waals surface area contributed by atoms with Gasteiger partial charge in [-0.25, -0.2) is 0 Å². The molecule has 2 aliphatic rings. The predicted molar refractivity (Wildman–Crippen MR) is 72.2 cm³/mol. The van der Waals surface area contributed by atoms with Crippen LogP contribution in [-0.4, -0.2) is 60.4 Å². The van der Waals surface area contributed by atoms with Crippen LogP contribution in [0, 0.1) is 0 Å². The van der Waals surface area contributed by atoms with Crippen molar-refractivity contribution in [2.75, 3.05) is 33.2 Å². The molecule has 108 valence electrons. The number of piperidine rings is 1. The van der Waals surface area contributed by atoms with Crippen molar-refractivity contribution in [2.24, 2.45) is 0 Å². The topological polar surface area (TPSA) is 65.8 Å². The number of carbonyl (C=O) groups excluding carboxylic acids is 2. The first-order valence-corrected chi connectivity index (χ1v) is 6.96. The molecular weight excluding hydrogens is 258 g/mol. The Morgan fingerprint density at radius 2 is 2.10 bits per heavy atom. The molecule has 0 radical (unpaired) electrons. The van der Waals surface area contributed by atoms with Gasteiger partial charge in [-0.1, -0.05) is 0 Å². The Kier molecular flexibility index (Phi) is 3.25. The quantitative estimate of drug-likeness (QED) is 0.802. The summed E-state index contributed by atoms with van der Waals surface area (Å²) in [5, 5.41) is 2.94. The first-order chi connectivity index (χ1) is 9.63. The summed E-state index contributed by atoms with van der Waals surface area (Å²) in [5.74, 6) is 0.363. The highest BCUT2D eigenvalue weighted by Gasteiger charge is 2.47. The summed E-state index contributed by atoms with van der Waals surface area (Å²) in [4.78, 5) is 28.3. The van der Waals surface area contributed by atoms with Crippen LogP contribution < -0.4 is 5.32 Å². The third-order valence-electron chi connectivity index (χ3n) is 4.50. The number of hydrogen-bond donors (Lipinski definition) is 1. The lowest BCUT2D eigenvalue weighted by atomic mass is 9.83. The molecule has 0 bridgehead atoms. The Morgan fingerprint density at radius 1 is 1.35 bits per heavy atom. The van der Waals surface area contributed by atoms with Crippen molar-refractivity contribution in [3.8, 4) is 0 Å². The van der Waals surface area contributed by atoms with E-state index in [1.54, 1.807) is 17.0 Å². The Labute approximate surface area is 117 Å². The molecule has 2 saturated heterocycles. The van der Waals surface area contributed by atoms with Crippen LogP contribution in [0.25, 0.3) is 0 Å². The van der Waals surface area contributed by atoms with E-state index in [1.807, 2.05) is 7.05 Å². The standard InChI is InChI=1S/C14H19N3O3/c1-16-9-6-15-13(19)14(16)4-7-17(8-5-14)12(18)11-3-2-10-20-11/h2-3,10H,4-9H2,1H3,(H,15,19). The highest BCUT2D eigenvalue weighted by Crippen LogP contribution is 2.30. The number of amides is 2. The lowest BCUT2D eigenvalue weighted by Gasteiger charge is -2.48. The Balaban J connectivity index is 1.70. The van der Waals surface area contributed by atoms with Gasteiger partial charge in [0.2, 0.25) is 5.91 Å². The molecule has 1 aromatic rings. The number of likely N-dealkylation sites (tertiary alicyclic amines) is 1. The van der Waals surface area contributed by atoms with Crippen molar-refractivity contribution in [1.82, 2.24) is 15.1 Å². The fourth-order valence-electron chi connectivity index (χ4n) is 3.13. The zero-order chi connectivity index (χ0) is 14.2. The molecule has 0 saturated carbocycles. The summed E-state index contributed by atoms with van der Waals surface area (Å²) >= 11 is 0. The molecule has 1 aromatic heterocycles. The van der Waals surface area contributed by atoms with Gasteiger partial charge in [0.15, 0.2) is 5.76 Å². The van der Waals surface area contributed by atoms with Gasteiger partial charge >= 0.3 is 0 Å². The molecular formula is C14H19N3O3. The van der Waals surface area contributed by atoms with E-state index in [0.29, 0.717) is 38.2 Å². The summed E-state index contributed by atoms with van der Waals surface area (Å²) in [5.41, 5.74) is -0.446. The molecule has 3 heterocycles. The maximum atomic E-state index is 12.2. The maximum absolute atomic E-state index is 12.2. The first kappa shape index (κ1) is 13.2. The van der Waals surface area contributed by atoms with Crippen molar-refractivity contribution in [2.45, 2.75) is 18.4 Å². The molecule has 0 aromatic carbocycles. The Bertz CT molecular complexity index is 504. The molecule has 3 rings (SSSR count). The SMILES string of the molecule is CN1CCNC(=O)C12CCN(C(=O)c1ccco1)CC2. The van der Waals surface area contributed by atoms with Crippen LogP contribution in [0.15, 0.2) is 22.8 Å². The number of hydrogen-bond acceptors (Lipinski definition) is 4. The third kappa shape index (κ3) is 2.00. The third-order valence-corrected chi connectivity index (χ3v) is 4.50. The summed E-state index contributed by atoms with van der Waals surface area (Å²) < 4.78 is 5.15. The maximum Gasteiger partial charge on any atom is 0.289 e. The fourth-order valence-corrected chi connectivity index (χ4v) is 3.13. The average Bonchev–Trinajstić information content (AvgIpc) is 2.99. The van der Waals surface area contributed by atoms with E-state index in [-0.39, 0.29) is 11.8 Å². The zero-order valence-electron chi connectivity index (χ0n) is 11.6. The molecule has 2 fully saturated rings. The van der Waals surface area contributed by atoms with Crippen molar-refractivity contribution < 1.29 is 14.0 Å². The number of carbonyl (C=O) groups is 2. The lowest BCUT2D eigenvalue weighted by Crippen LogP contribution is -2.67. The number of nitrogens with one attached hydrogen (secondary N) is 1. The van der Waals surface area contributed by atoms with Gasteiger partial charge in [0, 0.05) is 26.2 Å². The van der Waals surface area contributed by atoms with Crippen LogP contribution in [0.2, 0.25) is 0 Å². The van der Waals surface area contributed by atoms with Gasteiger partial charge in [-0.3, -0.25) is 14.5 Å². The van der Waals surface area contributed by atoms with E-state index < -0.39 is 5.54 Å². The minimum atomic E-state index is -0.446. The number of rotatable bonds is 1. The monoisotopic (exact) mass is 277 g/mol. The summed E-state index contributed by atoms with van der Waals surface area (Å²) in [6, 6.07) is 3.38. The second-order valence-electron chi connectivity index (χ2n) is 5.48. The van der Waals surface area contributed by atoms with E-state index in [0.717, 1.165) is 6.54 Å². The molecule has 0 atom stereocenters. The number of likely N-dealkylation sites (N-methyl/N-ethyl adjacent to an activating group) is 1. The van der Waals surface area contributed by atoms with Gasteiger partial charge in [-0.15, -0.1) is 0 Å². The van der Waals surface area contributed by atoms with Gasteiger partial charge in [0.05, 0.1) is 6.26 Å². The predicted octanol–water partition coefficient (Wildman–Crippen LogP) is 0.316. The van der Waals surface area contributed by atoms with Crippen LogP contribution in [0.1, 0.15) is 23.4 Å². The molecule has 1 N–H and O–H groups in total. The van der Waals surface area contributed by atoms with Crippen molar-refractivity contribution in [3.05, 3.63) is 24.2 Å². The normalized spacial score (nSPS) is 22.9. The summed E-state index contributed by atoms with van der Waals surface area (Å²) in [6.45, 7) is 2.72. The number of furan rings is 1. The highest BCUT2D eigenvalue weighted by atomic mass is 16.3. The van der Waals surface area contributed by atoms with Gasteiger partial charge in [0.1, 0.15) is 5.54 Å². The van der Waals surface area contributed by atoms with Crippen LogP contribution in [0.3, 0.4) is 0 Å². The van der Waals surface area contributed by atoms with Crippen molar-refractivity contribution >= 4 is 11.8 Å². The number of piperazine rings is 1. The van der Waals surface area contributed by atoms with Gasteiger partial charge in [-0.2, -0.15) is 0 Å². The molecule has 6 heteroatoms. The second-order valence-corrected chi connectivity index (χ2v) is 5.48. The van der Waals surface area contributed by atoms with Crippen molar-refractivity contribution in [1.29, 1.82) is 0 Å². The number of nitrogens with zero attached hydrogens (tertiary/aromatic N) is 2. The fraction of sp³-hybridized carbons (Fsp3) is 0.571. The Hall–Kier alpha value is -1.82. The van der Waals surface area contributed by atoms with Crippen LogP contribution in [0.5, 0.6) is 0 Å². The second kappa shape index (κ2) is 4.94. The van der Waals surface area contributed by atoms with E-state index in [2.05, 4.69) is 10.2 Å². The zero-order valence-corrected chi connectivity index (χ0v) is 11.6. The molecule has 0 aliphatic carbocycles. The molecule has 20 heavy (non-hydrogen) atoms. The average molecular weight is 277 g/mol. The molecule has 2 aliphatic heterocycles. The molecule has 1 spiro atoms. The van der Waals surface area contributed by atoms with E-state index in [9.17, 15) is 9.59 Å². The van der Waals surface area contributed by atoms with E-state index in [4.69, 9.17) is 4.42 Å². The molecule has 2 amide bonds. The lowest BCUT2D eigenvalue weighted by molar-refractivity contribution is -0.139. The smallest absolute Gasteiger partial charge is 0.289 e. The first-order valence-electron chi connectivity index (χ1n) is 6.96. The van der Waals surface area contributed by atoms with Crippen LogP contribution in [-0.2, 0) is 4.79 Å². The van der Waals surface area contributed by atoms with Gasteiger partial charge < -0.3 is 14.6 Å². The summed E-state index contributed by atoms with van der Waals surface area (Å²) in [6.07, 6.45) is 2.84. The molecule has 6 nitrogen and oxygen atoms in total. The Morgan fingerprint density at radius 3 is 2.70 bits per heavy atom. The van der Waals surface area contributed by atoms with Crippen LogP contribution >= 0.6 is 0 Å². The minimum absolute atomic E-state index is 0.0938. The highest BCUT2D eigenvalue weighted by molar-refractivity contribution is 5.92. The van der Waals surface area contributed by atoms with E-state index in [1.165, 1.54) is 6.26 Å². The largest absolute Gasteiger partial charge is 0.459 e.